The summed E-state index contributed by atoms with van der Waals surface area (Å²) in [5.74, 6) is 1.12. The molecule has 0 amide bonds. The zero-order valence-electron chi connectivity index (χ0n) is 11.0. The Labute approximate surface area is 108 Å². The Hall–Kier alpha value is -1.60. The lowest BCUT2D eigenvalue weighted by molar-refractivity contribution is 0.164. The maximum Gasteiger partial charge on any atom is 0.144 e. The van der Waals surface area contributed by atoms with Crippen LogP contribution in [0.3, 0.4) is 0 Å². The average molecular weight is 245 g/mol. The van der Waals surface area contributed by atoms with E-state index in [-0.39, 0.29) is 0 Å². The van der Waals surface area contributed by atoms with Crippen LogP contribution in [0.1, 0.15) is 30.2 Å². The van der Waals surface area contributed by atoms with E-state index in [1.54, 1.807) is 7.11 Å². The molecule has 4 nitrogen and oxygen atoms in total. The number of nitrogens with zero attached hydrogens (tertiary/aromatic N) is 2. The monoisotopic (exact) mass is 245 g/mol. The molecule has 0 aromatic carbocycles. The van der Waals surface area contributed by atoms with Gasteiger partial charge < -0.3 is 10.1 Å². The van der Waals surface area contributed by atoms with E-state index >= 15 is 0 Å². The molecule has 0 saturated heterocycles. The van der Waals surface area contributed by atoms with E-state index in [4.69, 9.17) is 10.00 Å². The Bertz CT molecular complexity index is 465. The van der Waals surface area contributed by atoms with E-state index in [0.717, 1.165) is 37.3 Å². The molecule has 1 aromatic rings. The molecule has 4 heteroatoms. The zero-order valence-corrected chi connectivity index (χ0v) is 11.0. The van der Waals surface area contributed by atoms with Gasteiger partial charge in [-0.25, -0.2) is 4.98 Å². The predicted octanol–water partition coefficient (Wildman–Crippen LogP) is 2.14. The van der Waals surface area contributed by atoms with Gasteiger partial charge in [0.25, 0.3) is 0 Å². The molecule has 0 spiro atoms. The average Bonchev–Trinajstić information content (AvgIpc) is 2.82. The van der Waals surface area contributed by atoms with Gasteiger partial charge in [0, 0.05) is 19.3 Å². The highest BCUT2D eigenvalue weighted by Crippen LogP contribution is 2.24. The van der Waals surface area contributed by atoms with Gasteiger partial charge >= 0.3 is 0 Å². The quantitative estimate of drug-likeness (QED) is 0.863. The minimum atomic E-state index is 0.400. The summed E-state index contributed by atoms with van der Waals surface area (Å²) < 4.78 is 5.10. The lowest BCUT2D eigenvalue weighted by Gasteiger charge is -2.13. The van der Waals surface area contributed by atoms with Crippen LogP contribution in [0, 0.1) is 17.2 Å². The molecule has 2 rings (SSSR count). The lowest BCUT2D eigenvalue weighted by atomic mass is 10.1. The standard InChI is InChI=1S/C14H19N3O/c1-10(9-18-2)8-16-14-12(7-15)6-11-4-3-5-13(11)17-14/h6,10H,3-5,8-9H2,1-2H3,(H,16,17). The first kappa shape index (κ1) is 12.8. The van der Waals surface area contributed by atoms with Gasteiger partial charge in [-0.2, -0.15) is 5.26 Å². The predicted molar refractivity (Wildman–Crippen MR) is 70.5 cm³/mol. The number of aromatic nitrogens is 1. The maximum absolute atomic E-state index is 9.16. The Morgan fingerprint density at radius 2 is 2.39 bits per heavy atom. The molecule has 1 atom stereocenters. The summed E-state index contributed by atoms with van der Waals surface area (Å²) in [6.45, 7) is 3.59. The van der Waals surface area contributed by atoms with Crippen molar-refractivity contribution in [1.82, 2.24) is 4.98 Å². The van der Waals surface area contributed by atoms with Gasteiger partial charge in [-0.3, -0.25) is 0 Å². The fourth-order valence-corrected chi connectivity index (χ4v) is 2.31. The SMILES string of the molecule is COCC(C)CNc1nc2c(cc1C#N)CCC2. The van der Waals surface area contributed by atoms with Crippen LogP contribution in [-0.4, -0.2) is 25.2 Å². The van der Waals surface area contributed by atoms with Gasteiger partial charge in [-0.1, -0.05) is 6.92 Å². The summed E-state index contributed by atoms with van der Waals surface area (Å²) in [6.07, 6.45) is 3.23. The van der Waals surface area contributed by atoms with Crippen LogP contribution in [0.5, 0.6) is 0 Å². The second-order valence-electron chi connectivity index (χ2n) is 4.90. The van der Waals surface area contributed by atoms with Gasteiger partial charge in [0.1, 0.15) is 11.9 Å². The van der Waals surface area contributed by atoms with Crippen LogP contribution in [0.15, 0.2) is 6.07 Å². The van der Waals surface area contributed by atoms with Crippen molar-refractivity contribution in [3.05, 3.63) is 22.9 Å². The number of fused-ring (bicyclic) bond motifs is 1. The third-order valence-corrected chi connectivity index (χ3v) is 3.24. The van der Waals surface area contributed by atoms with Crippen molar-refractivity contribution in [1.29, 1.82) is 5.26 Å². The first-order valence-corrected chi connectivity index (χ1v) is 6.40. The number of hydrogen-bond donors (Lipinski definition) is 1. The summed E-state index contributed by atoms with van der Waals surface area (Å²) in [4.78, 5) is 4.58. The van der Waals surface area contributed by atoms with Crippen molar-refractivity contribution in [2.45, 2.75) is 26.2 Å². The highest BCUT2D eigenvalue weighted by atomic mass is 16.5. The molecule has 1 heterocycles. The Morgan fingerprint density at radius 3 is 3.11 bits per heavy atom. The number of pyridine rings is 1. The van der Waals surface area contributed by atoms with E-state index in [2.05, 4.69) is 23.3 Å². The van der Waals surface area contributed by atoms with Crippen LogP contribution < -0.4 is 5.32 Å². The smallest absolute Gasteiger partial charge is 0.144 e. The van der Waals surface area contributed by atoms with E-state index < -0.39 is 0 Å². The van der Waals surface area contributed by atoms with Crippen LogP contribution in [0.2, 0.25) is 0 Å². The molecule has 0 bridgehead atoms. The molecule has 1 aliphatic rings. The van der Waals surface area contributed by atoms with Crippen molar-refractivity contribution < 1.29 is 4.74 Å². The Balaban J connectivity index is 2.10. The highest BCUT2D eigenvalue weighted by Gasteiger charge is 2.16. The Kier molecular flexibility index (Phi) is 4.16. The van der Waals surface area contributed by atoms with Gasteiger partial charge in [-0.15, -0.1) is 0 Å². The van der Waals surface area contributed by atoms with Crippen molar-refractivity contribution in [2.75, 3.05) is 25.6 Å². The molecule has 18 heavy (non-hydrogen) atoms. The van der Waals surface area contributed by atoms with Crippen LogP contribution in [0.25, 0.3) is 0 Å². The minimum Gasteiger partial charge on any atom is -0.384 e. The molecule has 0 fully saturated rings. The first-order chi connectivity index (χ1) is 8.74. The van der Waals surface area contributed by atoms with Crippen molar-refractivity contribution in [3.63, 3.8) is 0 Å². The summed E-state index contributed by atoms with van der Waals surface area (Å²) in [5, 5.41) is 12.4. The fraction of sp³-hybridized carbons (Fsp3) is 0.571. The Morgan fingerprint density at radius 1 is 1.56 bits per heavy atom. The van der Waals surface area contributed by atoms with Crippen LogP contribution in [-0.2, 0) is 17.6 Å². The van der Waals surface area contributed by atoms with Gasteiger partial charge in [0.15, 0.2) is 0 Å². The summed E-state index contributed by atoms with van der Waals surface area (Å²) >= 11 is 0. The molecular weight excluding hydrogens is 226 g/mol. The molecule has 1 aromatic heterocycles. The number of nitrogens with one attached hydrogen (secondary N) is 1. The summed E-state index contributed by atoms with van der Waals surface area (Å²) in [7, 11) is 1.70. The molecule has 1 unspecified atom stereocenters. The zero-order chi connectivity index (χ0) is 13.0. The summed E-state index contributed by atoms with van der Waals surface area (Å²) in [6, 6.07) is 4.21. The van der Waals surface area contributed by atoms with Gasteiger partial charge in [0.05, 0.1) is 12.2 Å². The van der Waals surface area contributed by atoms with E-state index in [1.165, 1.54) is 5.56 Å². The third kappa shape index (κ3) is 2.80. The van der Waals surface area contributed by atoms with Crippen LogP contribution in [0.4, 0.5) is 5.82 Å². The van der Waals surface area contributed by atoms with Crippen molar-refractivity contribution >= 4 is 5.82 Å². The molecule has 96 valence electrons. The fourth-order valence-electron chi connectivity index (χ4n) is 2.31. The molecule has 1 aliphatic carbocycles. The van der Waals surface area contributed by atoms with Gasteiger partial charge in [0.2, 0.25) is 0 Å². The minimum absolute atomic E-state index is 0.400. The summed E-state index contributed by atoms with van der Waals surface area (Å²) in [5.41, 5.74) is 3.04. The number of rotatable bonds is 5. The van der Waals surface area contributed by atoms with Gasteiger partial charge in [-0.05, 0) is 36.8 Å². The number of hydrogen-bond acceptors (Lipinski definition) is 4. The molecule has 1 N–H and O–H groups in total. The second-order valence-corrected chi connectivity index (χ2v) is 4.90. The first-order valence-electron chi connectivity index (χ1n) is 6.40. The number of aryl methyl sites for hydroxylation is 2. The van der Waals surface area contributed by atoms with E-state index in [1.807, 2.05) is 6.07 Å². The van der Waals surface area contributed by atoms with E-state index in [0.29, 0.717) is 18.1 Å². The number of ether oxygens (including phenoxy) is 1. The molecular formula is C14H19N3O. The second kappa shape index (κ2) is 5.83. The highest BCUT2D eigenvalue weighted by molar-refractivity contribution is 5.55. The van der Waals surface area contributed by atoms with E-state index in [9.17, 15) is 0 Å². The van der Waals surface area contributed by atoms with Crippen molar-refractivity contribution in [2.24, 2.45) is 5.92 Å². The normalized spacial score (nSPS) is 14.9. The van der Waals surface area contributed by atoms with Crippen molar-refractivity contribution in [3.8, 4) is 6.07 Å². The molecule has 0 saturated carbocycles. The largest absolute Gasteiger partial charge is 0.384 e. The topological polar surface area (TPSA) is 57.9 Å². The number of nitriles is 1. The maximum atomic E-state index is 9.16. The lowest BCUT2D eigenvalue weighted by Crippen LogP contribution is -2.17. The number of methoxy groups -OCH3 is 1. The molecule has 0 radical (unpaired) electrons. The van der Waals surface area contributed by atoms with Crippen LogP contribution >= 0.6 is 0 Å². The number of anilines is 1. The third-order valence-electron chi connectivity index (χ3n) is 3.24. The molecule has 0 aliphatic heterocycles.